The van der Waals surface area contributed by atoms with E-state index < -0.39 is 5.97 Å². The number of hydrogen-bond acceptors (Lipinski definition) is 4. The number of carboxylic acids is 1. The summed E-state index contributed by atoms with van der Waals surface area (Å²) in [5.41, 5.74) is 0.650. The summed E-state index contributed by atoms with van der Waals surface area (Å²) in [5, 5.41) is 8.64. The van der Waals surface area contributed by atoms with Gasteiger partial charge in [-0.05, 0) is 30.2 Å². The zero-order valence-corrected chi connectivity index (χ0v) is 11.6. The summed E-state index contributed by atoms with van der Waals surface area (Å²) >= 11 is 0. The highest BCUT2D eigenvalue weighted by molar-refractivity contribution is 5.85. The van der Waals surface area contributed by atoms with Crippen molar-refractivity contribution in [2.24, 2.45) is 0 Å². The third-order valence-corrected chi connectivity index (χ3v) is 2.47. The van der Waals surface area contributed by atoms with Crippen LogP contribution in [0.5, 0.6) is 17.2 Å². The van der Waals surface area contributed by atoms with Crippen LogP contribution in [0.25, 0.3) is 6.08 Å². The van der Waals surface area contributed by atoms with E-state index in [1.165, 1.54) is 20.3 Å². The van der Waals surface area contributed by atoms with Gasteiger partial charge in [-0.15, -0.1) is 6.58 Å². The van der Waals surface area contributed by atoms with Gasteiger partial charge in [-0.3, -0.25) is 0 Å². The van der Waals surface area contributed by atoms with Gasteiger partial charge in [-0.2, -0.15) is 0 Å². The Kier molecular flexibility index (Phi) is 6.16. The van der Waals surface area contributed by atoms with E-state index in [9.17, 15) is 4.79 Å². The van der Waals surface area contributed by atoms with Gasteiger partial charge >= 0.3 is 5.97 Å². The van der Waals surface area contributed by atoms with Crippen molar-refractivity contribution in [2.45, 2.75) is 6.42 Å². The number of carboxylic acid groups (broad SMARTS) is 1. The van der Waals surface area contributed by atoms with Crippen LogP contribution in [-0.4, -0.2) is 31.9 Å². The first-order valence-electron chi connectivity index (χ1n) is 6.03. The summed E-state index contributed by atoms with van der Waals surface area (Å²) in [6.07, 6.45) is 4.96. The van der Waals surface area contributed by atoms with E-state index in [-0.39, 0.29) is 0 Å². The normalized spacial score (nSPS) is 10.3. The molecule has 0 spiro atoms. The molecule has 0 bridgehead atoms. The number of carbonyl (C=O) groups is 1. The van der Waals surface area contributed by atoms with Crippen LogP contribution in [0.3, 0.4) is 0 Å². The molecule has 0 aliphatic heterocycles. The molecule has 0 amide bonds. The van der Waals surface area contributed by atoms with Gasteiger partial charge in [-0.25, -0.2) is 4.79 Å². The van der Waals surface area contributed by atoms with Gasteiger partial charge in [0, 0.05) is 6.08 Å². The highest BCUT2D eigenvalue weighted by Crippen LogP contribution is 2.39. The molecule has 0 radical (unpaired) electrons. The first-order valence-corrected chi connectivity index (χ1v) is 6.03. The highest BCUT2D eigenvalue weighted by atomic mass is 16.5. The van der Waals surface area contributed by atoms with Gasteiger partial charge < -0.3 is 19.3 Å². The number of aliphatic carboxylic acids is 1. The molecule has 0 aromatic heterocycles. The van der Waals surface area contributed by atoms with Crippen molar-refractivity contribution in [3.63, 3.8) is 0 Å². The SMILES string of the molecule is C=CCCOc1c(OC)cc(C=CC(=O)O)cc1OC. The molecule has 1 rings (SSSR count). The Morgan fingerprint density at radius 3 is 2.35 bits per heavy atom. The maximum absolute atomic E-state index is 10.5. The van der Waals surface area contributed by atoms with Crippen molar-refractivity contribution >= 4 is 12.0 Å². The molecular weight excluding hydrogens is 260 g/mol. The predicted octanol–water partition coefficient (Wildman–Crippen LogP) is 2.76. The molecule has 0 atom stereocenters. The van der Waals surface area contributed by atoms with E-state index in [2.05, 4.69) is 6.58 Å². The van der Waals surface area contributed by atoms with Gasteiger partial charge in [0.1, 0.15) is 0 Å². The smallest absolute Gasteiger partial charge is 0.328 e. The average molecular weight is 278 g/mol. The lowest BCUT2D eigenvalue weighted by atomic mass is 10.1. The second-order valence-corrected chi connectivity index (χ2v) is 3.85. The van der Waals surface area contributed by atoms with Gasteiger partial charge in [0.05, 0.1) is 20.8 Å². The van der Waals surface area contributed by atoms with Crippen LogP contribution in [-0.2, 0) is 4.79 Å². The van der Waals surface area contributed by atoms with Crippen LogP contribution in [0.1, 0.15) is 12.0 Å². The number of ether oxygens (including phenoxy) is 3. The minimum Gasteiger partial charge on any atom is -0.493 e. The van der Waals surface area contributed by atoms with Crippen molar-refractivity contribution in [1.82, 2.24) is 0 Å². The van der Waals surface area contributed by atoms with Crippen LogP contribution < -0.4 is 14.2 Å². The molecule has 0 fully saturated rings. The molecule has 1 aromatic carbocycles. The number of methoxy groups -OCH3 is 2. The fourth-order valence-corrected chi connectivity index (χ4v) is 1.55. The Bertz CT molecular complexity index is 480. The predicted molar refractivity (Wildman–Crippen MR) is 76.5 cm³/mol. The van der Waals surface area contributed by atoms with Crippen molar-refractivity contribution in [3.05, 3.63) is 36.4 Å². The fourth-order valence-electron chi connectivity index (χ4n) is 1.55. The fraction of sp³-hybridized carbons (Fsp3) is 0.267. The molecule has 5 nitrogen and oxygen atoms in total. The van der Waals surface area contributed by atoms with Crippen LogP contribution in [0, 0.1) is 0 Å². The zero-order valence-electron chi connectivity index (χ0n) is 11.6. The topological polar surface area (TPSA) is 65.0 Å². The molecule has 0 aliphatic rings. The minimum atomic E-state index is -1.02. The van der Waals surface area contributed by atoms with Crippen molar-refractivity contribution in [3.8, 4) is 17.2 Å². The van der Waals surface area contributed by atoms with Gasteiger partial charge in [0.25, 0.3) is 0 Å². The van der Waals surface area contributed by atoms with Crippen molar-refractivity contribution in [1.29, 1.82) is 0 Å². The zero-order chi connectivity index (χ0) is 15.0. The molecule has 1 N–H and O–H groups in total. The average Bonchev–Trinajstić information content (AvgIpc) is 2.45. The molecule has 1 aromatic rings. The summed E-state index contributed by atoms with van der Waals surface area (Å²) < 4.78 is 16.1. The third-order valence-electron chi connectivity index (χ3n) is 2.47. The number of benzene rings is 1. The highest BCUT2D eigenvalue weighted by Gasteiger charge is 2.13. The lowest BCUT2D eigenvalue weighted by Crippen LogP contribution is -2.01. The molecule has 108 valence electrons. The first kappa shape index (κ1) is 15.6. The van der Waals surface area contributed by atoms with Gasteiger partial charge in [0.2, 0.25) is 5.75 Å². The first-order chi connectivity index (χ1) is 9.62. The molecule has 0 aliphatic carbocycles. The molecule has 0 saturated heterocycles. The molecule has 0 unspecified atom stereocenters. The maximum Gasteiger partial charge on any atom is 0.328 e. The summed E-state index contributed by atoms with van der Waals surface area (Å²) in [6.45, 7) is 4.08. The molecule has 0 saturated carbocycles. The van der Waals surface area contributed by atoms with Crippen LogP contribution in [0.2, 0.25) is 0 Å². The second-order valence-electron chi connectivity index (χ2n) is 3.85. The molecule has 20 heavy (non-hydrogen) atoms. The lowest BCUT2D eigenvalue weighted by Gasteiger charge is -2.14. The quantitative estimate of drug-likeness (QED) is 0.450. The maximum atomic E-state index is 10.5. The monoisotopic (exact) mass is 278 g/mol. The Balaban J connectivity index is 3.10. The number of rotatable bonds is 8. The summed E-state index contributed by atoms with van der Waals surface area (Å²) in [4.78, 5) is 10.5. The molecule has 5 heteroatoms. The summed E-state index contributed by atoms with van der Waals surface area (Å²) in [6, 6.07) is 3.37. The standard InChI is InChI=1S/C15H18O5/c1-4-5-8-20-15-12(18-2)9-11(6-7-14(16)17)10-13(15)19-3/h4,6-7,9-10H,1,5,8H2,2-3H3,(H,16,17). The van der Waals surface area contributed by atoms with E-state index in [1.807, 2.05) is 0 Å². The summed E-state index contributed by atoms with van der Waals surface area (Å²) in [7, 11) is 3.03. The molecule has 0 heterocycles. The molecular formula is C15H18O5. The van der Waals surface area contributed by atoms with Crippen molar-refractivity contribution in [2.75, 3.05) is 20.8 Å². The number of hydrogen-bond donors (Lipinski definition) is 1. The van der Waals surface area contributed by atoms with Crippen LogP contribution in [0.4, 0.5) is 0 Å². The largest absolute Gasteiger partial charge is 0.493 e. The minimum absolute atomic E-state index is 0.459. The second kappa shape index (κ2) is 7.89. The van der Waals surface area contributed by atoms with E-state index in [4.69, 9.17) is 19.3 Å². The van der Waals surface area contributed by atoms with Crippen LogP contribution in [0.15, 0.2) is 30.9 Å². The Morgan fingerprint density at radius 2 is 1.90 bits per heavy atom. The Hall–Kier alpha value is -2.43. The summed E-state index contributed by atoms with van der Waals surface area (Å²) in [5.74, 6) is 0.440. The van der Waals surface area contributed by atoms with E-state index in [1.54, 1.807) is 18.2 Å². The lowest BCUT2D eigenvalue weighted by molar-refractivity contribution is -0.131. The van der Waals surface area contributed by atoms with Crippen molar-refractivity contribution < 1.29 is 24.1 Å². The third kappa shape index (κ3) is 4.35. The Labute approximate surface area is 118 Å². The van der Waals surface area contributed by atoms with E-state index in [0.29, 0.717) is 35.8 Å². The van der Waals surface area contributed by atoms with Crippen LogP contribution >= 0.6 is 0 Å². The van der Waals surface area contributed by atoms with Gasteiger partial charge in [0.15, 0.2) is 11.5 Å². The van der Waals surface area contributed by atoms with E-state index in [0.717, 1.165) is 6.08 Å². The van der Waals surface area contributed by atoms with Gasteiger partial charge in [-0.1, -0.05) is 6.08 Å². The van der Waals surface area contributed by atoms with E-state index >= 15 is 0 Å². The Morgan fingerprint density at radius 1 is 1.30 bits per heavy atom.